The van der Waals surface area contributed by atoms with Crippen molar-refractivity contribution >= 4 is 23.3 Å². The molecule has 3 amide bonds. The highest BCUT2D eigenvalue weighted by Crippen LogP contribution is 2.29. The summed E-state index contributed by atoms with van der Waals surface area (Å²) in [6, 6.07) is 8.34. The Morgan fingerprint density at radius 3 is 2.64 bits per heavy atom. The van der Waals surface area contributed by atoms with Gasteiger partial charge >= 0.3 is 6.03 Å². The first-order valence-electron chi connectivity index (χ1n) is 8.80. The molecule has 148 valence electrons. The van der Waals surface area contributed by atoms with Gasteiger partial charge in [0, 0.05) is 18.3 Å². The lowest BCUT2D eigenvalue weighted by Gasteiger charge is -2.18. The van der Waals surface area contributed by atoms with Crippen molar-refractivity contribution in [3.8, 4) is 11.5 Å². The van der Waals surface area contributed by atoms with E-state index in [0.717, 1.165) is 0 Å². The largest absolute Gasteiger partial charge is 0.497 e. The van der Waals surface area contributed by atoms with Gasteiger partial charge in [-0.3, -0.25) is 4.79 Å². The van der Waals surface area contributed by atoms with E-state index >= 15 is 0 Å². The quantitative estimate of drug-likeness (QED) is 0.826. The molecule has 0 saturated carbocycles. The molecule has 7 nitrogen and oxygen atoms in total. The number of methoxy groups -OCH3 is 2. The summed E-state index contributed by atoms with van der Waals surface area (Å²) >= 11 is 0. The molecule has 3 rings (SSSR count). The van der Waals surface area contributed by atoms with Gasteiger partial charge in [-0.15, -0.1) is 0 Å². The van der Waals surface area contributed by atoms with E-state index in [0.29, 0.717) is 41.4 Å². The molecule has 0 aliphatic carbocycles. The molecule has 1 aliphatic heterocycles. The Morgan fingerprint density at radius 1 is 1.18 bits per heavy atom. The highest BCUT2D eigenvalue weighted by Gasteiger charge is 2.33. The summed E-state index contributed by atoms with van der Waals surface area (Å²) in [5.74, 6) is 0.482. The third-order valence-electron chi connectivity index (χ3n) is 4.62. The van der Waals surface area contributed by atoms with E-state index < -0.39 is 12.1 Å². The SMILES string of the molecule is COc1ccc(NC(=O)N[C@@H]2CCN(c3ccc(F)c(C)c3)C2=O)c(OC)c1. The molecule has 1 heterocycles. The molecule has 0 aromatic heterocycles. The number of halogens is 1. The van der Waals surface area contributed by atoms with Gasteiger partial charge in [-0.25, -0.2) is 9.18 Å². The van der Waals surface area contributed by atoms with E-state index in [9.17, 15) is 14.0 Å². The molecular formula is C20H22FN3O4. The minimum absolute atomic E-state index is 0.233. The van der Waals surface area contributed by atoms with Crippen molar-refractivity contribution in [3.05, 3.63) is 47.8 Å². The number of rotatable bonds is 5. The Morgan fingerprint density at radius 2 is 1.96 bits per heavy atom. The number of nitrogens with one attached hydrogen (secondary N) is 2. The number of carbonyl (C=O) groups is 2. The number of hydrogen-bond donors (Lipinski definition) is 2. The number of ether oxygens (including phenoxy) is 2. The minimum Gasteiger partial charge on any atom is -0.497 e. The molecule has 1 saturated heterocycles. The maximum Gasteiger partial charge on any atom is 0.319 e. The van der Waals surface area contributed by atoms with E-state index in [1.807, 2.05) is 0 Å². The monoisotopic (exact) mass is 387 g/mol. The lowest BCUT2D eigenvalue weighted by Crippen LogP contribution is -2.43. The number of aryl methyl sites for hydroxylation is 1. The number of hydrogen-bond acceptors (Lipinski definition) is 4. The minimum atomic E-state index is -0.658. The van der Waals surface area contributed by atoms with E-state index in [-0.39, 0.29) is 11.7 Å². The Kier molecular flexibility index (Phi) is 5.67. The number of anilines is 2. The van der Waals surface area contributed by atoms with Gasteiger partial charge in [-0.1, -0.05) is 0 Å². The van der Waals surface area contributed by atoms with Crippen molar-refractivity contribution < 1.29 is 23.5 Å². The van der Waals surface area contributed by atoms with Crippen LogP contribution in [-0.2, 0) is 4.79 Å². The second-order valence-electron chi connectivity index (χ2n) is 6.43. The Balaban J connectivity index is 1.65. The van der Waals surface area contributed by atoms with Gasteiger partial charge in [0.05, 0.1) is 19.9 Å². The van der Waals surface area contributed by atoms with Crippen LogP contribution in [0, 0.1) is 12.7 Å². The van der Waals surface area contributed by atoms with Crippen LogP contribution >= 0.6 is 0 Å². The zero-order valence-corrected chi connectivity index (χ0v) is 15.9. The maximum atomic E-state index is 13.5. The first kappa shape index (κ1) is 19.5. The number of benzene rings is 2. The Labute approximate surface area is 162 Å². The van der Waals surface area contributed by atoms with Gasteiger partial charge < -0.3 is 25.0 Å². The molecule has 0 radical (unpaired) electrons. The van der Waals surface area contributed by atoms with Gasteiger partial charge in [0.15, 0.2) is 0 Å². The highest BCUT2D eigenvalue weighted by molar-refractivity contribution is 6.02. The van der Waals surface area contributed by atoms with Crippen LogP contribution in [-0.4, -0.2) is 38.7 Å². The second kappa shape index (κ2) is 8.16. The molecule has 0 spiro atoms. The van der Waals surface area contributed by atoms with Crippen LogP contribution in [0.2, 0.25) is 0 Å². The number of carbonyl (C=O) groups excluding carboxylic acids is 2. The summed E-state index contributed by atoms with van der Waals surface area (Å²) in [6.45, 7) is 2.09. The van der Waals surface area contributed by atoms with Crippen LogP contribution in [0.25, 0.3) is 0 Å². The normalized spacial score (nSPS) is 16.1. The highest BCUT2D eigenvalue weighted by atomic mass is 19.1. The predicted molar refractivity (Wildman–Crippen MR) is 104 cm³/mol. The standard InChI is InChI=1S/C20H22FN3O4/c1-12-10-13(4-6-15(12)21)24-9-8-17(19(24)25)23-20(26)22-16-7-5-14(27-2)11-18(16)28-3/h4-7,10-11,17H,8-9H2,1-3H3,(H2,22,23,26)/t17-/m1/s1. The van der Waals surface area contributed by atoms with Gasteiger partial charge in [-0.05, 0) is 49.2 Å². The molecule has 1 aliphatic rings. The third-order valence-corrected chi connectivity index (χ3v) is 4.62. The molecule has 1 atom stereocenters. The predicted octanol–water partition coefficient (Wildman–Crippen LogP) is 3.08. The molecule has 28 heavy (non-hydrogen) atoms. The second-order valence-corrected chi connectivity index (χ2v) is 6.43. The fourth-order valence-electron chi connectivity index (χ4n) is 3.09. The van der Waals surface area contributed by atoms with Crippen LogP contribution in [0.3, 0.4) is 0 Å². The van der Waals surface area contributed by atoms with Crippen molar-refractivity contribution in [2.75, 3.05) is 31.0 Å². The van der Waals surface area contributed by atoms with E-state index in [1.54, 1.807) is 42.2 Å². The lowest BCUT2D eigenvalue weighted by molar-refractivity contribution is -0.118. The molecule has 2 N–H and O–H groups in total. The van der Waals surface area contributed by atoms with Crippen molar-refractivity contribution in [2.45, 2.75) is 19.4 Å². The van der Waals surface area contributed by atoms with E-state index in [1.165, 1.54) is 20.3 Å². The molecule has 8 heteroatoms. The van der Waals surface area contributed by atoms with Crippen LogP contribution in [0.15, 0.2) is 36.4 Å². The van der Waals surface area contributed by atoms with Crippen molar-refractivity contribution in [1.29, 1.82) is 0 Å². The number of amides is 3. The van der Waals surface area contributed by atoms with E-state index in [2.05, 4.69) is 10.6 Å². The Hall–Kier alpha value is -3.29. The average molecular weight is 387 g/mol. The lowest BCUT2D eigenvalue weighted by atomic mass is 10.2. The van der Waals surface area contributed by atoms with Crippen molar-refractivity contribution in [1.82, 2.24) is 5.32 Å². The molecule has 0 bridgehead atoms. The Bertz CT molecular complexity index is 903. The average Bonchev–Trinajstić information content (AvgIpc) is 3.04. The van der Waals surface area contributed by atoms with Crippen LogP contribution in [0.5, 0.6) is 11.5 Å². The molecular weight excluding hydrogens is 365 g/mol. The summed E-state index contributed by atoms with van der Waals surface area (Å²) in [7, 11) is 3.02. The molecule has 2 aromatic carbocycles. The summed E-state index contributed by atoms with van der Waals surface area (Å²) in [5.41, 5.74) is 1.54. The summed E-state index contributed by atoms with van der Waals surface area (Å²) in [4.78, 5) is 26.5. The van der Waals surface area contributed by atoms with Crippen LogP contribution in [0.1, 0.15) is 12.0 Å². The number of urea groups is 1. The summed E-state index contributed by atoms with van der Waals surface area (Å²) in [5, 5.41) is 5.36. The maximum absolute atomic E-state index is 13.5. The summed E-state index contributed by atoms with van der Waals surface area (Å²) in [6.07, 6.45) is 0.461. The molecule has 2 aromatic rings. The van der Waals surface area contributed by atoms with Gasteiger partial charge in [0.2, 0.25) is 5.91 Å². The van der Waals surface area contributed by atoms with Gasteiger partial charge in [-0.2, -0.15) is 0 Å². The van der Waals surface area contributed by atoms with Crippen LogP contribution < -0.4 is 25.0 Å². The zero-order valence-electron chi connectivity index (χ0n) is 15.9. The first-order chi connectivity index (χ1) is 13.4. The topological polar surface area (TPSA) is 79.9 Å². The van der Waals surface area contributed by atoms with E-state index in [4.69, 9.17) is 9.47 Å². The molecule has 0 unspecified atom stereocenters. The van der Waals surface area contributed by atoms with Crippen molar-refractivity contribution in [2.24, 2.45) is 0 Å². The third kappa shape index (κ3) is 4.00. The van der Waals surface area contributed by atoms with Gasteiger partial charge in [0.25, 0.3) is 0 Å². The van der Waals surface area contributed by atoms with Crippen molar-refractivity contribution in [3.63, 3.8) is 0 Å². The summed E-state index contributed by atoms with van der Waals surface area (Å²) < 4.78 is 23.8. The number of nitrogens with zero attached hydrogens (tertiary/aromatic N) is 1. The fourth-order valence-corrected chi connectivity index (χ4v) is 3.09. The fraction of sp³-hybridized carbons (Fsp3) is 0.300. The van der Waals surface area contributed by atoms with Crippen LogP contribution in [0.4, 0.5) is 20.6 Å². The zero-order chi connectivity index (χ0) is 20.3. The smallest absolute Gasteiger partial charge is 0.319 e. The molecule has 1 fully saturated rings. The first-order valence-corrected chi connectivity index (χ1v) is 8.80. The van der Waals surface area contributed by atoms with Gasteiger partial charge in [0.1, 0.15) is 23.4 Å².